The van der Waals surface area contributed by atoms with E-state index in [1.807, 2.05) is 42.5 Å². The first kappa shape index (κ1) is 21.8. The predicted molar refractivity (Wildman–Crippen MR) is 119 cm³/mol. The van der Waals surface area contributed by atoms with E-state index in [1.54, 1.807) is 12.0 Å². The monoisotopic (exact) mass is 409 g/mol. The van der Waals surface area contributed by atoms with Crippen LogP contribution in [0.5, 0.6) is 5.75 Å². The average molecular weight is 410 g/mol. The molecule has 0 aromatic heterocycles. The molecule has 30 heavy (non-hydrogen) atoms. The summed E-state index contributed by atoms with van der Waals surface area (Å²) in [4.78, 5) is 29.4. The van der Waals surface area contributed by atoms with E-state index in [1.165, 1.54) is 5.56 Å². The van der Waals surface area contributed by atoms with Crippen LogP contribution in [0.4, 0.5) is 5.69 Å². The van der Waals surface area contributed by atoms with E-state index < -0.39 is 0 Å². The summed E-state index contributed by atoms with van der Waals surface area (Å²) in [6.07, 6.45) is 0.235. The lowest BCUT2D eigenvalue weighted by Gasteiger charge is -2.30. The SMILES string of the molecule is CCN(CC)C(CNC(=O)C1CC(=O)N(c2ccc(OC)cc2)C1)c1ccccc1. The van der Waals surface area contributed by atoms with E-state index in [0.29, 0.717) is 13.1 Å². The minimum absolute atomic E-state index is 0.0244. The summed E-state index contributed by atoms with van der Waals surface area (Å²) in [5.74, 6) is 0.312. The molecular weight excluding hydrogens is 378 g/mol. The van der Waals surface area contributed by atoms with Crippen molar-refractivity contribution in [3.63, 3.8) is 0 Å². The van der Waals surface area contributed by atoms with Gasteiger partial charge in [0.05, 0.1) is 19.1 Å². The van der Waals surface area contributed by atoms with Crippen LogP contribution >= 0.6 is 0 Å². The number of amides is 2. The molecule has 0 aliphatic carbocycles. The van der Waals surface area contributed by atoms with Crippen LogP contribution < -0.4 is 15.0 Å². The topological polar surface area (TPSA) is 61.9 Å². The van der Waals surface area contributed by atoms with Crippen molar-refractivity contribution in [1.29, 1.82) is 0 Å². The Morgan fingerprint density at radius 3 is 2.40 bits per heavy atom. The van der Waals surface area contributed by atoms with Crippen molar-refractivity contribution in [1.82, 2.24) is 10.2 Å². The van der Waals surface area contributed by atoms with Gasteiger partial charge >= 0.3 is 0 Å². The maximum absolute atomic E-state index is 12.9. The molecule has 0 saturated carbocycles. The number of likely N-dealkylation sites (N-methyl/N-ethyl adjacent to an activating group) is 1. The van der Waals surface area contributed by atoms with Crippen molar-refractivity contribution < 1.29 is 14.3 Å². The van der Waals surface area contributed by atoms with Gasteiger partial charge in [-0.1, -0.05) is 44.2 Å². The van der Waals surface area contributed by atoms with E-state index in [0.717, 1.165) is 24.5 Å². The maximum Gasteiger partial charge on any atom is 0.227 e. The molecule has 1 heterocycles. The van der Waals surface area contributed by atoms with Crippen molar-refractivity contribution in [3.05, 3.63) is 60.2 Å². The van der Waals surface area contributed by atoms with Gasteiger partial charge in [-0.2, -0.15) is 0 Å². The normalized spacial score (nSPS) is 17.3. The second-order valence-corrected chi connectivity index (χ2v) is 7.50. The summed E-state index contributed by atoms with van der Waals surface area (Å²) in [5.41, 5.74) is 1.98. The number of carbonyl (C=O) groups excluding carboxylic acids is 2. The third kappa shape index (κ3) is 5.00. The summed E-state index contributed by atoms with van der Waals surface area (Å²) < 4.78 is 5.17. The van der Waals surface area contributed by atoms with Gasteiger partial charge in [0.1, 0.15) is 5.75 Å². The highest BCUT2D eigenvalue weighted by atomic mass is 16.5. The van der Waals surface area contributed by atoms with Crippen molar-refractivity contribution in [2.75, 3.05) is 38.2 Å². The van der Waals surface area contributed by atoms with Gasteiger partial charge in [0.15, 0.2) is 0 Å². The molecule has 1 aliphatic rings. The zero-order valence-electron chi connectivity index (χ0n) is 18.0. The minimum atomic E-state index is -0.340. The molecule has 2 aromatic rings. The minimum Gasteiger partial charge on any atom is -0.497 e. The number of methoxy groups -OCH3 is 1. The molecular formula is C24H31N3O3. The molecule has 6 nitrogen and oxygen atoms in total. The van der Waals surface area contributed by atoms with Crippen molar-refractivity contribution in [2.45, 2.75) is 26.3 Å². The second kappa shape index (κ2) is 10.3. The van der Waals surface area contributed by atoms with Gasteiger partial charge in [-0.25, -0.2) is 0 Å². The lowest BCUT2D eigenvalue weighted by Crippen LogP contribution is -2.40. The van der Waals surface area contributed by atoms with Crippen LogP contribution in [0.2, 0.25) is 0 Å². The zero-order chi connectivity index (χ0) is 21.5. The Bertz CT molecular complexity index is 835. The summed E-state index contributed by atoms with van der Waals surface area (Å²) in [7, 11) is 1.61. The molecule has 6 heteroatoms. The van der Waals surface area contributed by atoms with E-state index in [9.17, 15) is 9.59 Å². The van der Waals surface area contributed by atoms with Gasteiger partial charge in [0.2, 0.25) is 11.8 Å². The standard InChI is InChI=1S/C24H31N3O3/c1-4-26(5-2)22(18-9-7-6-8-10-18)16-25-24(29)19-15-23(28)27(17-19)20-11-13-21(30-3)14-12-20/h6-14,19,22H,4-5,15-17H2,1-3H3,(H,25,29). The van der Waals surface area contributed by atoms with Crippen LogP contribution in [0, 0.1) is 5.92 Å². The van der Waals surface area contributed by atoms with Crippen molar-refractivity contribution in [3.8, 4) is 5.75 Å². The highest BCUT2D eigenvalue weighted by Crippen LogP contribution is 2.27. The third-order valence-electron chi connectivity index (χ3n) is 5.79. The number of nitrogens with zero attached hydrogens (tertiary/aromatic N) is 2. The molecule has 1 N–H and O–H groups in total. The van der Waals surface area contributed by atoms with Crippen LogP contribution in [0.3, 0.4) is 0 Å². The van der Waals surface area contributed by atoms with Gasteiger partial charge in [-0.15, -0.1) is 0 Å². The molecule has 1 fully saturated rings. The first-order valence-electron chi connectivity index (χ1n) is 10.6. The molecule has 2 atom stereocenters. The highest BCUT2D eigenvalue weighted by molar-refractivity contribution is 6.00. The van der Waals surface area contributed by atoms with Gasteiger partial charge in [0, 0.05) is 25.2 Å². The number of benzene rings is 2. The lowest BCUT2D eigenvalue weighted by molar-refractivity contribution is -0.126. The number of ether oxygens (including phenoxy) is 1. The Kier molecular flexibility index (Phi) is 7.46. The van der Waals surface area contributed by atoms with Gasteiger partial charge in [0.25, 0.3) is 0 Å². The number of anilines is 1. The molecule has 2 amide bonds. The molecule has 2 aromatic carbocycles. The molecule has 1 saturated heterocycles. The van der Waals surface area contributed by atoms with E-state index in [2.05, 4.69) is 36.2 Å². The lowest BCUT2D eigenvalue weighted by atomic mass is 10.0. The summed E-state index contributed by atoms with van der Waals surface area (Å²) in [6, 6.07) is 17.7. The summed E-state index contributed by atoms with van der Waals surface area (Å²) >= 11 is 0. The van der Waals surface area contributed by atoms with Gasteiger partial charge in [-0.3, -0.25) is 14.5 Å². The van der Waals surface area contributed by atoms with Gasteiger partial charge in [-0.05, 0) is 42.9 Å². The van der Waals surface area contributed by atoms with Crippen LogP contribution in [-0.2, 0) is 9.59 Å². The smallest absolute Gasteiger partial charge is 0.227 e. The predicted octanol–water partition coefficient (Wildman–Crippen LogP) is 3.25. The highest BCUT2D eigenvalue weighted by Gasteiger charge is 2.35. The maximum atomic E-state index is 12.9. The van der Waals surface area contributed by atoms with Crippen LogP contribution in [0.25, 0.3) is 0 Å². The number of hydrogen-bond acceptors (Lipinski definition) is 4. The van der Waals surface area contributed by atoms with E-state index in [4.69, 9.17) is 4.74 Å². The zero-order valence-corrected chi connectivity index (χ0v) is 18.0. The number of nitrogens with one attached hydrogen (secondary N) is 1. The largest absolute Gasteiger partial charge is 0.497 e. The second-order valence-electron chi connectivity index (χ2n) is 7.50. The molecule has 160 valence electrons. The number of rotatable bonds is 9. The average Bonchev–Trinajstić information content (AvgIpc) is 3.18. The number of hydrogen-bond donors (Lipinski definition) is 1. The first-order chi connectivity index (χ1) is 14.6. The fourth-order valence-electron chi connectivity index (χ4n) is 4.03. The van der Waals surface area contributed by atoms with Crippen LogP contribution in [0.1, 0.15) is 31.9 Å². The number of carbonyl (C=O) groups is 2. The quantitative estimate of drug-likeness (QED) is 0.691. The Balaban J connectivity index is 1.64. The van der Waals surface area contributed by atoms with Crippen LogP contribution in [-0.4, -0.2) is 50.0 Å². The van der Waals surface area contributed by atoms with Crippen LogP contribution in [0.15, 0.2) is 54.6 Å². The Morgan fingerprint density at radius 1 is 1.13 bits per heavy atom. The fourth-order valence-corrected chi connectivity index (χ4v) is 4.03. The summed E-state index contributed by atoms with van der Waals surface area (Å²) in [5, 5.41) is 3.10. The first-order valence-corrected chi connectivity index (χ1v) is 10.6. The van der Waals surface area contributed by atoms with E-state index in [-0.39, 0.29) is 30.2 Å². The Morgan fingerprint density at radius 2 is 1.80 bits per heavy atom. The molecule has 2 unspecified atom stereocenters. The molecule has 3 rings (SSSR count). The third-order valence-corrected chi connectivity index (χ3v) is 5.79. The van der Waals surface area contributed by atoms with Gasteiger partial charge < -0.3 is 15.0 Å². The summed E-state index contributed by atoms with van der Waals surface area (Å²) in [6.45, 7) is 6.99. The van der Waals surface area contributed by atoms with Crippen molar-refractivity contribution >= 4 is 17.5 Å². The van der Waals surface area contributed by atoms with Crippen molar-refractivity contribution in [2.24, 2.45) is 5.92 Å². The molecule has 1 aliphatic heterocycles. The Labute approximate surface area is 178 Å². The Hall–Kier alpha value is -2.86. The molecule has 0 spiro atoms. The molecule has 0 bridgehead atoms. The van der Waals surface area contributed by atoms with E-state index >= 15 is 0 Å². The molecule has 0 radical (unpaired) electrons. The fraction of sp³-hybridized carbons (Fsp3) is 0.417.